The predicted molar refractivity (Wildman–Crippen MR) is 40.1 cm³/mol. The van der Waals surface area contributed by atoms with Crippen molar-refractivity contribution in [2.75, 3.05) is 0 Å². The van der Waals surface area contributed by atoms with Crippen molar-refractivity contribution in [1.82, 2.24) is 0 Å². The first-order valence-electron chi connectivity index (χ1n) is 2.29. The third-order valence-corrected chi connectivity index (χ3v) is 0.542. The van der Waals surface area contributed by atoms with E-state index < -0.39 is 5.97 Å². The summed E-state index contributed by atoms with van der Waals surface area (Å²) in [5.74, 6) is -0.914. The van der Waals surface area contributed by atoms with E-state index in [1.54, 1.807) is 12.2 Å². The molecule has 0 rings (SSSR count). The van der Waals surface area contributed by atoms with Gasteiger partial charge < -0.3 is 5.11 Å². The van der Waals surface area contributed by atoms with Crippen LogP contribution in [0.4, 0.5) is 0 Å². The van der Waals surface area contributed by atoms with Crippen molar-refractivity contribution in [2.45, 2.75) is 6.92 Å². The van der Waals surface area contributed by atoms with Gasteiger partial charge in [0, 0.05) is 6.08 Å². The fourth-order valence-corrected chi connectivity index (χ4v) is 0.249. The maximum absolute atomic E-state index is 9.75. The van der Waals surface area contributed by atoms with Gasteiger partial charge in [-0.05, 0) is 6.92 Å². The predicted octanol–water partition coefficient (Wildman–Crippen LogP) is 0.287. The van der Waals surface area contributed by atoms with Gasteiger partial charge in [0.15, 0.2) is 0 Å². The molecule has 0 fully saturated rings. The molecule has 0 aliphatic carbocycles. The second-order valence-electron chi connectivity index (χ2n) is 1.22. The number of allylic oxidation sites excluding steroid dienone is 3. The standard InChI is InChI=1S/C6H8O2.Pb.2H/c1-2-3-4-5-6(7)8;;;/h2-5H,1H3,(H,7,8);;;/b3-2+,5-4+;;;. The summed E-state index contributed by atoms with van der Waals surface area (Å²) in [5.41, 5.74) is 0. The molecule has 2 nitrogen and oxygen atoms in total. The van der Waals surface area contributed by atoms with Crippen molar-refractivity contribution in [3.8, 4) is 0 Å². The molecule has 9 heavy (non-hydrogen) atoms. The molecule has 0 aliphatic heterocycles. The van der Waals surface area contributed by atoms with E-state index in [0.29, 0.717) is 0 Å². The van der Waals surface area contributed by atoms with Gasteiger partial charge in [0.2, 0.25) is 0 Å². The molecule has 0 spiro atoms. The molecule has 0 unspecified atom stereocenters. The molecule has 0 aliphatic rings. The number of carboxylic acid groups (broad SMARTS) is 1. The summed E-state index contributed by atoms with van der Waals surface area (Å²) in [6, 6.07) is 0. The van der Waals surface area contributed by atoms with E-state index in [1.807, 2.05) is 6.92 Å². The monoisotopic (exact) mass is 322 g/mol. The van der Waals surface area contributed by atoms with Gasteiger partial charge in [0.05, 0.1) is 0 Å². The topological polar surface area (TPSA) is 37.3 Å². The van der Waals surface area contributed by atoms with Crippen molar-refractivity contribution >= 4 is 33.3 Å². The number of rotatable bonds is 2. The third-order valence-electron chi connectivity index (χ3n) is 0.542. The number of aliphatic carboxylic acids is 1. The van der Waals surface area contributed by atoms with E-state index in [0.717, 1.165) is 6.08 Å². The van der Waals surface area contributed by atoms with Crippen LogP contribution in [0, 0.1) is 0 Å². The molecule has 0 saturated heterocycles. The average Bonchev–Trinajstić information content (AvgIpc) is 1.66. The molecule has 1 N–H and O–H groups in total. The summed E-state index contributed by atoms with van der Waals surface area (Å²) in [5, 5.41) is 8.02. The van der Waals surface area contributed by atoms with Crippen LogP contribution < -0.4 is 0 Å². The first-order chi connectivity index (χ1) is 3.77. The Morgan fingerprint density at radius 2 is 2.00 bits per heavy atom. The van der Waals surface area contributed by atoms with Crippen LogP contribution in [0.15, 0.2) is 24.3 Å². The second kappa shape index (κ2) is 7.87. The van der Waals surface area contributed by atoms with E-state index in [2.05, 4.69) is 0 Å². The van der Waals surface area contributed by atoms with Gasteiger partial charge >= 0.3 is 33.3 Å². The van der Waals surface area contributed by atoms with Crippen LogP contribution in [-0.2, 0) is 4.79 Å². The summed E-state index contributed by atoms with van der Waals surface area (Å²) in [6.45, 7) is 1.83. The van der Waals surface area contributed by atoms with Gasteiger partial charge in [-0.25, -0.2) is 4.79 Å². The van der Waals surface area contributed by atoms with Gasteiger partial charge in [0.25, 0.3) is 0 Å². The van der Waals surface area contributed by atoms with Crippen molar-refractivity contribution in [2.24, 2.45) is 0 Å². The molecule has 0 saturated carbocycles. The summed E-state index contributed by atoms with van der Waals surface area (Å²) in [7, 11) is 0. The molecule has 0 aromatic rings. The van der Waals surface area contributed by atoms with Gasteiger partial charge in [-0.1, -0.05) is 18.2 Å². The molecule has 0 aromatic heterocycles. The third kappa shape index (κ3) is 11.4. The molecule has 2 radical (unpaired) electrons. The summed E-state index contributed by atoms with van der Waals surface area (Å²) < 4.78 is 0. The zero-order valence-electron chi connectivity index (χ0n) is 5.37. The first kappa shape index (κ1) is 11.6. The molecule has 0 bridgehead atoms. The second-order valence-corrected chi connectivity index (χ2v) is 1.22. The van der Waals surface area contributed by atoms with E-state index in [4.69, 9.17) is 5.11 Å². The maximum atomic E-state index is 9.75. The van der Waals surface area contributed by atoms with Crippen molar-refractivity contribution in [1.29, 1.82) is 0 Å². The van der Waals surface area contributed by atoms with E-state index in [-0.39, 0.29) is 27.3 Å². The van der Waals surface area contributed by atoms with E-state index in [1.165, 1.54) is 6.08 Å². The summed E-state index contributed by atoms with van der Waals surface area (Å²) in [6.07, 6.45) is 5.98. The molecule has 3 heteroatoms. The van der Waals surface area contributed by atoms with Crippen LogP contribution in [0.3, 0.4) is 0 Å². The zero-order chi connectivity index (χ0) is 6.41. The minimum absolute atomic E-state index is 0. The van der Waals surface area contributed by atoms with Crippen LogP contribution in [-0.4, -0.2) is 38.4 Å². The van der Waals surface area contributed by atoms with Crippen LogP contribution in [0.25, 0.3) is 0 Å². The Balaban J connectivity index is 0. The van der Waals surface area contributed by atoms with Crippen molar-refractivity contribution in [3.63, 3.8) is 0 Å². The Hall–Kier alpha value is -0.128. The molecule has 0 atom stereocenters. The fourth-order valence-electron chi connectivity index (χ4n) is 0.249. The van der Waals surface area contributed by atoms with Gasteiger partial charge in [-0.15, -0.1) is 0 Å². The number of carbonyl (C=O) groups is 1. The van der Waals surface area contributed by atoms with Crippen molar-refractivity contribution < 1.29 is 9.90 Å². The quantitative estimate of drug-likeness (QED) is 0.451. The normalized spacial score (nSPS) is 9.89. The van der Waals surface area contributed by atoms with E-state index >= 15 is 0 Å². The van der Waals surface area contributed by atoms with Gasteiger partial charge in [0.1, 0.15) is 0 Å². The minimum atomic E-state index is -0.914. The van der Waals surface area contributed by atoms with Crippen LogP contribution in [0.5, 0.6) is 0 Å². The fraction of sp³-hybridized carbons (Fsp3) is 0.167. The van der Waals surface area contributed by atoms with E-state index in [9.17, 15) is 4.79 Å². The van der Waals surface area contributed by atoms with Gasteiger partial charge in [-0.3, -0.25) is 0 Å². The molecule has 0 amide bonds. The Kier molecular flexibility index (Phi) is 10.2. The summed E-state index contributed by atoms with van der Waals surface area (Å²) >= 11 is 0. The van der Waals surface area contributed by atoms with Gasteiger partial charge in [-0.2, -0.15) is 0 Å². The number of carboxylic acids is 1. The SMILES string of the molecule is C/C=C/C=C/C(=O)O.[PbH2]. The van der Waals surface area contributed by atoms with Crippen molar-refractivity contribution in [3.05, 3.63) is 24.3 Å². The molecular weight excluding hydrogens is 311 g/mol. The summed E-state index contributed by atoms with van der Waals surface area (Å²) in [4.78, 5) is 9.75. The van der Waals surface area contributed by atoms with Crippen LogP contribution in [0.2, 0.25) is 0 Å². The Morgan fingerprint density at radius 3 is 2.33 bits per heavy atom. The Bertz CT molecular complexity index is 127. The Labute approximate surface area is 74.4 Å². The Morgan fingerprint density at radius 1 is 1.44 bits per heavy atom. The van der Waals surface area contributed by atoms with Crippen LogP contribution >= 0.6 is 0 Å². The molecule has 0 heterocycles. The molecular formula is C6H10O2Pb. The average molecular weight is 321 g/mol. The number of hydrogen-bond acceptors (Lipinski definition) is 1. The first-order valence-corrected chi connectivity index (χ1v) is 2.29. The molecule has 50 valence electrons. The number of hydrogen-bond donors (Lipinski definition) is 1. The zero-order valence-corrected chi connectivity index (χ0v) is 10.9. The van der Waals surface area contributed by atoms with Crippen LogP contribution in [0.1, 0.15) is 6.92 Å². The molecule has 0 aromatic carbocycles.